The van der Waals surface area contributed by atoms with Gasteiger partial charge in [-0.2, -0.15) is 0 Å². The lowest BCUT2D eigenvalue weighted by Gasteiger charge is -2.08. The molecule has 0 spiro atoms. The molecule has 0 aliphatic carbocycles. The number of hydrogen-bond acceptors (Lipinski definition) is 5. The van der Waals surface area contributed by atoms with Crippen LogP contribution in [-0.2, 0) is 14.3 Å². The molecule has 0 bridgehead atoms. The second kappa shape index (κ2) is 4.48. The number of aryl methyl sites for hydroxylation is 1. The Bertz CT molecular complexity index is 618. The van der Waals surface area contributed by atoms with E-state index in [0.29, 0.717) is 11.1 Å². The maximum absolute atomic E-state index is 11.2. The third-order valence-corrected chi connectivity index (χ3v) is 2.33. The summed E-state index contributed by atoms with van der Waals surface area (Å²) >= 11 is 0. The van der Waals surface area contributed by atoms with Crippen molar-refractivity contribution in [2.24, 2.45) is 5.73 Å². The molecule has 1 aromatic carbocycles. The van der Waals surface area contributed by atoms with Gasteiger partial charge in [0.25, 0.3) is 12.0 Å². The fraction of sp³-hybridized carbons (Fsp3) is 0.250. The van der Waals surface area contributed by atoms with Gasteiger partial charge in [-0.1, -0.05) is 6.07 Å². The van der Waals surface area contributed by atoms with E-state index in [0.717, 1.165) is 5.56 Å². The zero-order valence-electron chi connectivity index (χ0n) is 9.97. The molecule has 0 aliphatic rings. The Morgan fingerprint density at radius 3 is 2.78 bits per heavy atom. The Morgan fingerprint density at radius 2 is 2.17 bits per heavy atom. The van der Waals surface area contributed by atoms with Crippen molar-refractivity contribution in [3.63, 3.8) is 0 Å². The number of aromatic nitrogens is 1. The average molecular weight is 248 g/mol. The Balaban J connectivity index is 2.44. The van der Waals surface area contributed by atoms with E-state index in [-0.39, 0.29) is 5.89 Å². The van der Waals surface area contributed by atoms with E-state index in [1.807, 2.05) is 13.0 Å². The standard InChI is InChI=1S/C12H12N2O4/c1-6-3-4-9-8(5-6)14-12(18-9)10(11(13)16)17-7(2)15/h3-5,10H,1-2H3,(H2,13,16). The normalized spacial score (nSPS) is 12.3. The highest BCUT2D eigenvalue weighted by Gasteiger charge is 2.26. The molecule has 0 radical (unpaired) electrons. The van der Waals surface area contributed by atoms with Gasteiger partial charge >= 0.3 is 5.97 Å². The zero-order chi connectivity index (χ0) is 13.3. The lowest BCUT2D eigenvalue weighted by Crippen LogP contribution is -2.25. The van der Waals surface area contributed by atoms with Gasteiger partial charge in [-0.25, -0.2) is 4.98 Å². The number of hydrogen-bond donors (Lipinski definition) is 1. The number of ether oxygens (including phenoxy) is 1. The molecule has 6 nitrogen and oxygen atoms in total. The summed E-state index contributed by atoms with van der Waals surface area (Å²) in [4.78, 5) is 26.2. The third-order valence-electron chi connectivity index (χ3n) is 2.33. The van der Waals surface area contributed by atoms with Crippen molar-refractivity contribution in [1.82, 2.24) is 4.98 Å². The molecule has 2 rings (SSSR count). The smallest absolute Gasteiger partial charge is 0.303 e. The first-order valence-electron chi connectivity index (χ1n) is 5.31. The van der Waals surface area contributed by atoms with Gasteiger partial charge in [-0.05, 0) is 24.6 Å². The first-order chi connectivity index (χ1) is 8.47. The summed E-state index contributed by atoms with van der Waals surface area (Å²) in [6.45, 7) is 3.09. The predicted molar refractivity (Wildman–Crippen MR) is 62.4 cm³/mol. The van der Waals surface area contributed by atoms with Crippen LogP contribution in [0.5, 0.6) is 0 Å². The lowest BCUT2D eigenvalue weighted by atomic mass is 10.2. The van der Waals surface area contributed by atoms with Crippen LogP contribution in [0.3, 0.4) is 0 Å². The molecule has 1 amide bonds. The molecule has 0 aliphatic heterocycles. The second-order valence-corrected chi connectivity index (χ2v) is 3.92. The van der Waals surface area contributed by atoms with Crippen molar-refractivity contribution in [2.75, 3.05) is 0 Å². The number of rotatable bonds is 3. The number of amides is 1. The Kier molecular flexibility index (Phi) is 3.01. The van der Waals surface area contributed by atoms with Gasteiger partial charge in [0.1, 0.15) is 5.52 Å². The van der Waals surface area contributed by atoms with E-state index in [4.69, 9.17) is 14.9 Å². The predicted octanol–water partition coefficient (Wildman–Crippen LogP) is 1.23. The van der Waals surface area contributed by atoms with Crippen LogP contribution in [0.25, 0.3) is 11.1 Å². The van der Waals surface area contributed by atoms with Crippen LogP contribution >= 0.6 is 0 Å². The van der Waals surface area contributed by atoms with Gasteiger partial charge in [0.05, 0.1) is 0 Å². The molecule has 1 aromatic heterocycles. The van der Waals surface area contributed by atoms with Crippen molar-refractivity contribution in [3.05, 3.63) is 29.7 Å². The topological polar surface area (TPSA) is 95.4 Å². The molecular weight excluding hydrogens is 236 g/mol. The molecule has 94 valence electrons. The van der Waals surface area contributed by atoms with Crippen LogP contribution in [0.1, 0.15) is 24.5 Å². The molecule has 18 heavy (non-hydrogen) atoms. The zero-order valence-corrected chi connectivity index (χ0v) is 9.97. The van der Waals surface area contributed by atoms with Crippen LogP contribution < -0.4 is 5.73 Å². The fourth-order valence-electron chi connectivity index (χ4n) is 1.56. The number of benzene rings is 1. The van der Waals surface area contributed by atoms with Crippen molar-refractivity contribution in [3.8, 4) is 0 Å². The first kappa shape index (κ1) is 12.1. The largest absolute Gasteiger partial charge is 0.442 e. The highest BCUT2D eigenvalue weighted by molar-refractivity contribution is 5.83. The highest BCUT2D eigenvalue weighted by Crippen LogP contribution is 2.23. The second-order valence-electron chi connectivity index (χ2n) is 3.92. The van der Waals surface area contributed by atoms with Crippen LogP contribution in [0, 0.1) is 6.92 Å². The van der Waals surface area contributed by atoms with Crippen molar-refractivity contribution >= 4 is 23.0 Å². The van der Waals surface area contributed by atoms with Gasteiger partial charge in [0, 0.05) is 6.92 Å². The summed E-state index contributed by atoms with van der Waals surface area (Å²) in [5, 5.41) is 0. The van der Waals surface area contributed by atoms with E-state index in [1.165, 1.54) is 6.92 Å². The number of carbonyl (C=O) groups excluding carboxylic acids is 2. The molecule has 0 fully saturated rings. The van der Waals surface area contributed by atoms with E-state index in [2.05, 4.69) is 4.98 Å². The Labute approximate surface area is 103 Å². The number of fused-ring (bicyclic) bond motifs is 1. The minimum absolute atomic E-state index is 0.0155. The summed E-state index contributed by atoms with van der Waals surface area (Å²) in [5.41, 5.74) is 7.25. The first-order valence-corrected chi connectivity index (χ1v) is 5.31. The summed E-state index contributed by atoms with van der Waals surface area (Å²) in [6, 6.07) is 5.38. The molecule has 6 heteroatoms. The van der Waals surface area contributed by atoms with Gasteiger partial charge in [-0.3, -0.25) is 9.59 Å². The summed E-state index contributed by atoms with van der Waals surface area (Å²) in [7, 11) is 0. The van der Waals surface area contributed by atoms with Gasteiger partial charge in [0.15, 0.2) is 5.58 Å². The van der Waals surface area contributed by atoms with Crippen LogP contribution in [0.2, 0.25) is 0 Å². The maximum Gasteiger partial charge on any atom is 0.303 e. The molecule has 2 aromatic rings. The minimum Gasteiger partial charge on any atom is -0.442 e. The Morgan fingerprint density at radius 1 is 1.44 bits per heavy atom. The Hall–Kier alpha value is -2.37. The number of oxazole rings is 1. The maximum atomic E-state index is 11.2. The number of esters is 1. The molecule has 0 saturated carbocycles. The molecule has 1 unspecified atom stereocenters. The van der Waals surface area contributed by atoms with Gasteiger partial charge < -0.3 is 14.9 Å². The van der Waals surface area contributed by atoms with Crippen molar-refractivity contribution < 1.29 is 18.7 Å². The number of nitrogens with zero attached hydrogens (tertiary/aromatic N) is 1. The SMILES string of the molecule is CC(=O)OC(C(N)=O)c1nc2cc(C)ccc2o1. The molecule has 1 heterocycles. The van der Waals surface area contributed by atoms with E-state index in [9.17, 15) is 9.59 Å². The molecule has 1 atom stereocenters. The van der Waals surface area contributed by atoms with Gasteiger partial charge in [0.2, 0.25) is 5.89 Å². The van der Waals surface area contributed by atoms with Crippen LogP contribution in [0.4, 0.5) is 0 Å². The van der Waals surface area contributed by atoms with Crippen LogP contribution in [0.15, 0.2) is 22.6 Å². The monoisotopic (exact) mass is 248 g/mol. The van der Waals surface area contributed by atoms with Crippen molar-refractivity contribution in [1.29, 1.82) is 0 Å². The number of primary amides is 1. The van der Waals surface area contributed by atoms with E-state index >= 15 is 0 Å². The third kappa shape index (κ3) is 2.32. The number of carbonyl (C=O) groups is 2. The van der Waals surface area contributed by atoms with Crippen molar-refractivity contribution in [2.45, 2.75) is 20.0 Å². The summed E-state index contributed by atoms with van der Waals surface area (Å²) in [5.74, 6) is -1.47. The average Bonchev–Trinajstić information content (AvgIpc) is 2.67. The van der Waals surface area contributed by atoms with E-state index < -0.39 is 18.0 Å². The molecular formula is C12H12N2O4. The summed E-state index contributed by atoms with van der Waals surface area (Å²) < 4.78 is 10.1. The molecule has 2 N–H and O–H groups in total. The molecule has 0 saturated heterocycles. The summed E-state index contributed by atoms with van der Waals surface area (Å²) in [6.07, 6.45) is -1.30. The fourth-order valence-corrected chi connectivity index (χ4v) is 1.56. The lowest BCUT2D eigenvalue weighted by molar-refractivity contribution is -0.154. The van der Waals surface area contributed by atoms with Crippen LogP contribution in [-0.4, -0.2) is 16.9 Å². The van der Waals surface area contributed by atoms with E-state index in [1.54, 1.807) is 12.1 Å². The number of nitrogens with two attached hydrogens (primary N) is 1. The minimum atomic E-state index is -1.30. The van der Waals surface area contributed by atoms with Gasteiger partial charge in [-0.15, -0.1) is 0 Å². The highest BCUT2D eigenvalue weighted by atomic mass is 16.6. The quantitative estimate of drug-likeness (QED) is 0.824.